The van der Waals surface area contributed by atoms with E-state index in [0.717, 1.165) is 0 Å². The van der Waals surface area contributed by atoms with Gasteiger partial charge in [0, 0.05) is 12.3 Å². The fraction of sp³-hybridized carbons (Fsp3) is 0.143. The van der Waals surface area contributed by atoms with E-state index in [2.05, 4.69) is 60.7 Å². The van der Waals surface area contributed by atoms with Crippen molar-refractivity contribution in [3.8, 4) is 0 Å². The van der Waals surface area contributed by atoms with Crippen molar-refractivity contribution in [3.63, 3.8) is 0 Å². The van der Waals surface area contributed by atoms with E-state index in [-0.39, 0.29) is 0 Å². The van der Waals surface area contributed by atoms with Crippen LogP contribution >= 0.6 is 46.8 Å². The minimum absolute atomic E-state index is 0.497. The zero-order valence-corrected chi connectivity index (χ0v) is 17.7. The zero-order valence-electron chi connectivity index (χ0n) is 11.4. The lowest BCUT2D eigenvalue weighted by atomic mass is 10.2. The minimum atomic E-state index is 0.497. The van der Waals surface area contributed by atoms with Gasteiger partial charge in [-0.1, -0.05) is 82.0 Å². The van der Waals surface area contributed by atoms with E-state index in [4.69, 9.17) is 0 Å². The Labute approximate surface area is 130 Å². The van der Waals surface area contributed by atoms with Gasteiger partial charge in [0.1, 0.15) is 0 Å². The number of rotatable bonds is 4. The normalized spacial score (nSPS) is 17.7. The maximum Gasteiger partial charge on any atom is 0.0198 e. The van der Waals surface area contributed by atoms with Gasteiger partial charge in [0.05, 0.1) is 0 Å². The molecule has 0 fully saturated rings. The molecule has 6 rings (SSSR count). The van der Waals surface area contributed by atoms with Crippen LogP contribution in [0.5, 0.6) is 0 Å². The van der Waals surface area contributed by atoms with Gasteiger partial charge in [0.15, 0.2) is 0 Å². The van der Waals surface area contributed by atoms with Crippen LogP contribution in [-0.4, -0.2) is 0 Å². The SMILES string of the molecule is c1ccc(Cp2p3[pH]p4p2p4p3Cc2ccccc2)cc1. The van der Waals surface area contributed by atoms with Gasteiger partial charge >= 0.3 is 0 Å². The molecule has 0 saturated carbocycles. The molecule has 5 atom stereocenters. The molecule has 0 N–H and O–H groups in total. The second kappa shape index (κ2) is 5.56. The largest absolute Gasteiger partial charge is 0.0728 e. The van der Waals surface area contributed by atoms with Gasteiger partial charge in [-0.15, -0.1) is 0 Å². The smallest absolute Gasteiger partial charge is 0.0198 e. The fourth-order valence-electron chi connectivity index (χ4n) is 2.78. The van der Waals surface area contributed by atoms with Crippen molar-refractivity contribution < 1.29 is 0 Å². The molecule has 7 heteroatoms. The van der Waals surface area contributed by atoms with Crippen LogP contribution < -0.4 is 0 Å². The Morgan fingerprint density at radius 1 is 0.619 bits per heavy atom. The lowest BCUT2D eigenvalue weighted by molar-refractivity contribution is 1.42. The van der Waals surface area contributed by atoms with Crippen molar-refractivity contribution in [2.75, 3.05) is 0 Å². The van der Waals surface area contributed by atoms with Crippen LogP contribution in [0, 0.1) is 0 Å². The van der Waals surface area contributed by atoms with Crippen LogP contribution in [-0.2, 0) is 12.3 Å². The Balaban J connectivity index is 1.52. The molecule has 4 bridgehead atoms. The highest BCUT2D eigenvalue weighted by molar-refractivity contribution is 9.12. The molecule has 0 aliphatic heterocycles. The molecule has 0 spiro atoms. The monoisotopic (exact) mass is 400 g/mol. The number of hydrogen-bond donors (Lipinski definition) is 0. The molecular formula is C14H15P7. The Morgan fingerprint density at radius 3 is 1.52 bits per heavy atom. The van der Waals surface area contributed by atoms with E-state index in [0.29, 0.717) is 39.3 Å². The first kappa shape index (κ1) is 13.9. The summed E-state index contributed by atoms with van der Waals surface area (Å²) in [4.78, 5) is 0. The molecular weight excluding hydrogens is 385 g/mol. The summed E-state index contributed by atoms with van der Waals surface area (Å²) >= 11 is 0. The molecule has 5 unspecified atom stereocenters. The third-order valence-corrected chi connectivity index (χ3v) is 93.7. The summed E-state index contributed by atoms with van der Waals surface area (Å²) in [7, 11) is 1.51. The standard InChI is InChI=1S/C14H15P7/c1-3-7-13(8-4-1)11-16-18-15-19-20(16)21(19)17(18)12-14-9-5-2-6-10-14/h1-10,15H,11-12H2. The summed E-state index contributed by atoms with van der Waals surface area (Å²) < 4.78 is 0. The molecule has 21 heavy (non-hydrogen) atoms. The lowest BCUT2D eigenvalue weighted by Gasteiger charge is -2.02. The van der Waals surface area contributed by atoms with Gasteiger partial charge in [-0.2, -0.15) is 0 Å². The van der Waals surface area contributed by atoms with Gasteiger partial charge in [0.2, 0.25) is 0 Å². The van der Waals surface area contributed by atoms with Crippen LogP contribution in [0.15, 0.2) is 60.7 Å². The van der Waals surface area contributed by atoms with Gasteiger partial charge in [-0.25, -0.2) is 0 Å². The molecule has 0 saturated heterocycles. The molecule has 4 heterocycles. The average Bonchev–Trinajstić information content (AvgIpc) is 2.79. The van der Waals surface area contributed by atoms with Crippen molar-refractivity contribution in [1.82, 2.24) is 0 Å². The van der Waals surface area contributed by atoms with Crippen LogP contribution in [0.25, 0.3) is 0 Å². The third kappa shape index (κ3) is 2.37. The summed E-state index contributed by atoms with van der Waals surface area (Å²) in [5, 5.41) is 0. The predicted octanol–water partition coefficient (Wildman–Crippen LogP) is 9.23. The second-order valence-corrected chi connectivity index (χ2v) is 46.7. The Morgan fingerprint density at radius 2 is 1.10 bits per heavy atom. The Bertz CT molecular complexity index is 901. The van der Waals surface area contributed by atoms with Crippen molar-refractivity contribution in [3.05, 3.63) is 71.8 Å². The summed E-state index contributed by atoms with van der Waals surface area (Å²) in [6.45, 7) is 0.994. The number of hydrogen-bond acceptors (Lipinski definition) is 0. The van der Waals surface area contributed by atoms with Crippen molar-refractivity contribution >= 4 is 46.8 Å². The van der Waals surface area contributed by atoms with E-state index < -0.39 is 0 Å². The lowest BCUT2D eigenvalue weighted by Crippen LogP contribution is -1.74. The van der Waals surface area contributed by atoms with Crippen LogP contribution in [0.4, 0.5) is 0 Å². The molecule has 0 aliphatic rings. The van der Waals surface area contributed by atoms with Crippen molar-refractivity contribution in [2.24, 2.45) is 0 Å². The predicted molar refractivity (Wildman–Crippen MR) is 110 cm³/mol. The molecule has 106 valence electrons. The number of benzene rings is 2. The fourth-order valence-corrected chi connectivity index (χ4v) is 195. The van der Waals surface area contributed by atoms with E-state index in [1.54, 1.807) is 11.1 Å². The Hall–Kier alpha value is 0.540. The first-order valence-corrected chi connectivity index (χ1v) is 23.1. The molecule has 0 aliphatic carbocycles. The molecule has 0 nitrogen and oxygen atoms in total. The molecule has 2 aromatic carbocycles. The molecule has 4 aromatic heterocycles. The van der Waals surface area contributed by atoms with Crippen molar-refractivity contribution in [1.29, 1.82) is 0 Å². The Kier molecular flexibility index (Phi) is 3.69. The van der Waals surface area contributed by atoms with E-state index in [1.165, 1.54) is 19.9 Å². The maximum atomic E-state index is 2.38. The summed E-state index contributed by atoms with van der Waals surface area (Å²) in [5.74, 6) is 0. The van der Waals surface area contributed by atoms with Gasteiger partial charge in [0.25, 0.3) is 0 Å². The van der Waals surface area contributed by atoms with E-state index in [9.17, 15) is 0 Å². The van der Waals surface area contributed by atoms with E-state index >= 15 is 0 Å². The van der Waals surface area contributed by atoms with Crippen LogP contribution in [0.3, 0.4) is 0 Å². The minimum Gasteiger partial charge on any atom is -0.0728 e. The second-order valence-electron chi connectivity index (χ2n) is 5.25. The molecule has 0 amide bonds. The summed E-state index contributed by atoms with van der Waals surface area (Å²) in [6.07, 6.45) is 5.55. The van der Waals surface area contributed by atoms with Gasteiger partial charge in [-0.05, 0) is 36.6 Å². The summed E-state index contributed by atoms with van der Waals surface area (Å²) in [6, 6.07) is 22.8. The first-order valence-electron chi connectivity index (χ1n) is 7.01. The third-order valence-electron chi connectivity index (χ3n) is 3.83. The highest BCUT2D eigenvalue weighted by Crippen LogP contribution is 3.11. The van der Waals surface area contributed by atoms with Gasteiger partial charge < -0.3 is 0 Å². The van der Waals surface area contributed by atoms with E-state index in [1.807, 2.05) is 0 Å². The highest BCUT2D eigenvalue weighted by atomic mass is 33.2. The van der Waals surface area contributed by atoms with Crippen LogP contribution in [0.1, 0.15) is 11.1 Å². The van der Waals surface area contributed by atoms with Crippen molar-refractivity contribution in [2.45, 2.75) is 12.3 Å². The first-order chi connectivity index (χ1) is 10.4. The molecule has 6 aromatic rings. The average molecular weight is 400 g/mol. The maximum absolute atomic E-state index is 2.38. The van der Waals surface area contributed by atoms with Gasteiger partial charge in [-0.3, -0.25) is 0 Å². The summed E-state index contributed by atoms with van der Waals surface area (Å²) in [5.41, 5.74) is 3.30. The highest BCUT2D eigenvalue weighted by Gasteiger charge is 2.28. The van der Waals surface area contributed by atoms with Crippen LogP contribution in [0.2, 0.25) is 0 Å². The molecule has 0 radical (unpaired) electrons. The zero-order chi connectivity index (χ0) is 13.8. The quantitative estimate of drug-likeness (QED) is 0.282. The topological polar surface area (TPSA) is 0 Å².